The maximum absolute atomic E-state index is 12.4. The van der Waals surface area contributed by atoms with Gasteiger partial charge in [0.25, 0.3) is 5.91 Å². The zero-order chi connectivity index (χ0) is 14.8. The van der Waals surface area contributed by atoms with Gasteiger partial charge in [-0.3, -0.25) is 9.69 Å². The van der Waals surface area contributed by atoms with Gasteiger partial charge >= 0.3 is 0 Å². The van der Waals surface area contributed by atoms with Crippen LogP contribution < -0.4 is 0 Å². The van der Waals surface area contributed by atoms with Crippen LogP contribution in [0.25, 0.3) is 0 Å². The normalized spacial score (nSPS) is 16.4. The van der Waals surface area contributed by atoms with Gasteiger partial charge in [0.05, 0.1) is 22.5 Å². The number of carbonyl (C=O) groups is 1. The quantitative estimate of drug-likeness (QED) is 0.873. The lowest BCUT2D eigenvalue weighted by Crippen LogP contribution is -2.48. The molecule has 3 heterocycles. The van der Waals surface area contributed by atoms with Crippen LogP contribution in [0.2, 0.25) is 0 Å². The van der Waals surface area contributed by atoms with Gasteiger partial charge < -0.3 is 9.32 Å². The number of piperazine rings is 1. The molecule has 21 heavy (non-hydrogen) atoms. The zero-order valence-electron chi connectivity index (χ0n) is 12.3. The molecule has 1 amide bonds. The Bertz CT molecular complexity index is 626. The Kier molecular flexibility index (Phi) is 4.07. The Balaban J connectivity index is 1.55. The summed E-state index contributed by atoms with van der Waals surface area (Å²) in [5.74, 6) is 0.769. The number of rotatable bonds is 3. The van der Waals surface area contributed by atoms with Gasteiger partial charge in [-0.1, -0.05) is 0 Å². The molecule has 1 fully saturated rings. The SMILES string of the molecule is Cc1nc(CN2CCN(C(=O)c3ccoc3C)CC2)cs1. The van der Waals surface area contributed by atoms with E-state index in [0.29, 0.717) is 11.3 Å². The molecule has 0 radical (unpaired) electrons. The van der Waals surface area contributed by atoms with Crippen molar-refractivity contribution in [1.29, 1.82) is 0 Å². The van der Waals surface area contributed by atoms with Crippen molar-refractivity contribution in [2.45, 2.75) is 20.4 Å². The topological polar surface area (TPSA) is 49.6 Å². The van der Waals surface area contributed by atoms with Crippen molar-refractivity contribution in [2.75, 3.05) is 26.2 Å². The number of carbonyl (C=O) groups excluding carboxylic acids is 1. The maximum atomic E-state index is 12.4. The van der Waals surface area contributed by atoms with Crippen LogP contribution in [0.1, 0.15) is 26.8 Å². The van der Waals surface area contributed by atoms with Gasteiger partial charge in [-0.15, -0.1) is 11.3 Å². The Morgan fingerprint density at radius 2 is 2.10 bits per heavy atom. The summed E-state index contributed by atoms with van der Waals surface area (Å²) in [6.45, 7) is 8.01. The number of nitrogens with zero attached hydrogens (tertiary/aromatic N) is 3. The molecule has 0 spiro atoms. The summed E-state index contributed by atoms with van der Waals surface area (Å²) in [6.07, 6.45) is 1.57. The van der Waals surface area contributed by atoms with Crippen molar-refractivity contribution < 1.29 is 9.21 Å². The number of furan rings is 1. The second-order valence-corrected chi connectivity index (χ2v) is 6.38. The number of aryl methyl sites for hydroxylation is 2. The molecule has 0 N–H and O–H groups in total. The second-order valence-electron chi connectivity index (χ2n) is 5.32. The molecule has 1 saturated heterocycles. The Morgan fingerprint density at radius 3 is 2.67 bits per heavy atom. The van der Waals surface area contributed by atoms with Crippen LogP contribution in [0.5, 0.6) is 0 Å². The van der Waals surface area contributed by atoms with Gasteiger partial charge in [0.15, 0.2) is 0 Å². The molecule has 0 atom stereocenters. The third-order valence-electron chi connectivity index (χ3n) is 3.80. The lowest BCUT2D eigenvalue weighted by molar-refractivity contribution is 0.0625. The molecule has 1 aliphatic heterocycles. The summed E-state index contributed by atoms with van der Waals surface area (Å²) in [6, 6.07) is 1.75. The van der Waals surface area contributed by atoms with Gasteiger partial charge in [0.1, 0.15) is 5.76 Å². The highest BCUT2D eigenvalue weighted by Gasteiger charge is 2.24. The van der Waals surface area contributed by atoms with E-state index in [-0.39, 0.29) is 5.91 Å². The monoisotopic (exact) mass is 305 g/mol. The van der Waals surface area contributed by atoms with Gasteiger partial charge in [0, 0.05) is 38.1 Å². The first kappa shape index (κ1) is 14.3. The average Bonchev–Trinajstić information content (AvgIpc) is 3.08. The largest absolute Gasteiger partial charge is 0.469 e. The van der Waals surface area contributed by atoms with Gasteiger partial charge in [-0.05, 0) is 19.9 Å². The van der Waals surface area contributed by atoms with Crippen molar-refractivity contribution in [1.82, 2.24) is 14.8 Å². The molecule has 3 rings (SSSR count). The first-order valence-electron chi connectivity index (χ1n) is 7.10. The number of hydrogen-bond donors (Lipinski definition) is 0. The Hall–Kier alpha value is -1.66. The third-order valence-corrected chi connectivity index (χ3v) is 4.62. The third kappa shape index (κ3) is 3.16. The predicted molar refractivity (Wildman–Crippen MR) is 81.5 cm³/mol. The molecular formula is C15H19N3O2S. The van der Waals surface area contributed by atoms with Gasteiger partial charge in [-0.2, -0.15) is 0 Å². The van der Waals surface area contributed by atoms with Crippen molar-refractivity contribution in [3.8, 4) is 0 Å². The molecule has 5 nitrogen and oxygen atoms in total. The van der Waals surface area contributed by atoms with Crippen LogP contribution in [-0.4, -0.2) is 46.9 Å². The number of amides is 1. The molecule has 0 aliphatic carbocycles. The van der Waals surface area contributed by atoms with Gasteiger partial charge in [0.2, 0.25) is 0 Å². The molecule has 2 aromatic heterocycles. The average molecular weight is 305 g/mol. The van der Waals surface area contributed by atoms with Crippen LogP contribution in [0.3, 0.4) is 0 Å². The van der Waals surface area contributed by atoms with E-state index >= 15 is 0 Å². The molecule has 2 aromatic rings. The van der Waals surface area contributed by atoms with Crippen LogP contribution >= 0.6 is 11.3 Å². The molecule has 0 unspecified atom stereocenters. The fraction of sp³-hybridized carbons (Fsp3) is 0.467. The molecule has 0 saturated carbocycles. The lowest BCUT2D eigenvalue weighted by atomic mass is 10.2. The first-order valence-corrected chi connectivity index (χ1v) is 7.98. The smallest absolute Gasteiger partial charge is 0.257 e. The highest BCUT2D eigenvalue weighted by atomic mass is 32.1. The second kappa shape index (κ2) is 5.99. The zero-order valence-corrected chi connectivity index (χ0v) is 13.2. The van der Waals surface area contributed by atoms with Crippen LogP contribution in [0.15, 0.2) is 22.1 Å². The molecule has 0 bridgehead atoms. The van der Waals surface area contributed by atoms with Gasteiger partial charge in [-0.25, -0.2) is 4.98 Å². The van der Waals surface area contributed by atoms with Crippen molar-refractivity contribution in [3.63, 3.8) is 0 Å². The first-order chi connectivity index (χ1) is 10.1. The van der Waals surface area contributed by atoms with E-state index in [1.54, 1.807) is 23.7 Å². The van der Waals surface area contributed by atoms with Crippen molar-refractivity contribution >= 4 is 17.2 Å². The summed E-state index contributed by atoms with van der Waals surface area (Å²) >= 11 is 1.69. The summed E-state index contributed by atoms with van der Waals surface area (Å²) in [4.78, 5) is 21.1. The standard InChI is InChI=1S/C15H19N3O2S/c1-11-14(3-8-20-11)15(19)18-6-4-17(5-7-18)9-13-10-21-12(2)16-13/h3,8,10H,4-7,9H2,1-2H3. The fourth-order valence-electron chi connectivity index (χ4n) is 2.60. The predicted octanol–water partition coefficient (Wildman–Crippen LogP) is 2.31. The van der Waals surface area contributed by atoms with Crippen LogP contribution in [0, 0.1) is 13.8 Å². The molecule has 112 valence electrons. The summed E-state index contributed by atoms with van der Waals surface area (Å²) < 4.78 is 5.21. The van der Waals surface area contributed by atoms with E-state index in [1.165, 1.54) is 0 Å². The highest BCUT2D eigenvalue weighted by Crippen LogP contribution is 2.16. The molecule has 0 aromatic carbocycles. The minimum absolute atomic E-state index is 0.0744. The van der Waals surface area contributed by atoms with Crippen LogP contribution in [0.4, 0.5) is 0 Å². The van der Waals surface area contributed by atoms with Crippen molar-refractivity contribution in [2.24, 2.45) is 0 Å². The van der Waals surface area contributed by atoms with Crippen LogP contribution in [-0.2, 0) is 6.54 Å². The number of hydrogen-bond acceptors (Lipinski definition) is 5. The Labute approximate surface area is 128 Å². The number of aromatic nitrogens is 1. The summed E-state index contributed by atoms with van der Waals surface area (Å²) in [7, 11) is 0. The minimum atomic E-state index is 0.0744. The highest BCUT2D eigenvalue weighted by molar-refractivity contribution is 7.09. The van der Waals surface area contributed by atoms with E-state index in [2.05, 4.69) is 15.3 Å². The maximum Gasteiger partial charge on any atom is 0.257 e. The Morgan fingerprint density at radius 1 is 1.33 bits per heavy atom. The van der Waals surface area contributed by atoms with Crippen molar-refractivity contribution in [3.05, 3.63) is 39.7 Å². The summed E-state index contributed by atoms with van der Waals surface area (Å²) in [5, 5.41) is 3.22. The lowest BCUT2D eigenvalue weighted by Gasteiger charge is -2.34. The van der Waals surface area contributed by atoms with E-state index in [1.807, 2.05) is 18.7 Å². The van der Waals surface area contributed by atoms with E-state index in [4.69, 9.17) is 4.42 Å². The molecule has 1 aliphatic rings. The minimum Gasteiger partial charge on any atom is -0.469 e. The van der Waals surface area contributed by atoms with E-state index < -0.39 is 0 Å². The van der Waals surface area contributed by atoms with E-state index in [0.717, 1.165) is 43.4 Å². The summed E-state index contributed by atoms with van der Waals surface area (Å²) in [5.41, 5.74) is 1.81. The number of thiazole rings is 1. The van der Waals surface area contributed by atoms with E-state index in [9.17, 15) is 4.79 Å². The fourth-order valence-corrected chi connectivity index (χ4v) is 3.20. The molecule has 6 heteroatoms. The molecular weight excluding hydrogens is 286 g/mol.